The lowest BCUT2D eigenvalue weighted by molar-refractivity contribution is 0.0729. The fraction of sp³-hybridized carbons (Fsp3) is 0.577. The molecule has 2 aliphatic carbocycles. The Hall–Kier alpha value is -2.83. The Morgan fingerprint density at radius 3 is 2.64 bits per heavy atom. The molecule has 1 aliphatic heterocycles. The van der Waals surface area contributed by atoms with Crippen LogP contribution in [0.5, 0.6) is 0 Å². The molecule has 176 valence electrons. The molecule has 7 nitrogen and oxygen atoms in total. The van der Waals surface area contributed by atoms with E-state index in [4.69, 9.17) is 9.84 Å². The maximum absolute atomic E-state index is 13.7. The fourth-order valence-electron chi connectivity index (χ4n) is 6.71. The Kier molecular flexibility index (Phi) is 5.26. The predicted molar refractivity (Wildman–Crippen MR) is 125 cm³/mol. The van der Waals surface area contributed by atoms with Crippen molar-refractivity contribution in [1.82, 2.24) is 20.0 Å². The molecule has 3 aliphatic rings. The van der Waals surface area contributed by atoms with Crippen molar-refractivity contribution in [1.29, 1.82) is 0 Å². The quantitative estimate of drug-likeness (QED) is 0.764. The summed E-state index contributed by atoms with van der Waals surface area (Å²) in [6.07, 6.45) is 3.84. The second-order valence-electron chi connectivity index (χ2n) is 10.9. The molecule has 3 atom stereocenters. The SMILES string of the molecule is COC(=O)N1CCc2c(c(C(=O)NC3C4(C)CCC(C4)C3(C)C)nn2Cc2ccccc2)C1. The molecule has 2 bridgehead atoms. The van der Waals surface area contributed by atoms with Crippen molar-refractivity contribution in [3.8, 4) is 0 Å². The van der Waals surface area contributed by atoms with E-state index in [2.05, 4.69) is 38.2 Å². The number of nitrogens with zero attached hydrogens (tertiary/aromatic N) is 3. The lowest BCUT2D eigenvalue weighted by Crippen LogP contribution is -2.52. The Labute approximate surface area is 195 Å². The van der Waals surface area contributed by atoms with Crippen LogP contribution in [0.4, 0.5) is 4.79 Å². The first-order valence-electron chi connectivity index (χ1n) is 12.0. The Balaban J connectivity index is 1.47. The zero-order valence-corrected chi connectivity index (χ0v) is 20.1. The number of nitrogens with one attached hydrogen (secondary N) is 1. The summed E-state index contributed by atoms with van der Waals surface area (Å²) >= 11 is 0. The molecule has 1 aromatic carbocycles. The van der Waals surface area contributed by atoms with Gasteiger partial charge in [0.1, 0.15) is 0 Å². The minimum atomic E-state index is -0.371. The molecular weight excluding hydrogens is 416 g/mol. The molecule has 2 amide bonds. The smallest absolute Gasteiger partial charge is 0.409 e. The average molecular weight is 451 g/mol. The molecule has 2 fully saturated rings. The number of carbonyl (C=O) groups excluding carboxylic acids is 2. The number of ether oxygens (including phenoxy) is 1. The summed E-state index contributed by atoms with van der Waals surface area (Å²) in [5, 5.41) is 8.20. The number of hydrogen-bond acceptors (Lipinski definition) is 4. The molecule has 0 saturated heterocycles. The molecule has 3 unspecified atom stereocenters. The van der Waals surface area contributed by atoms with Crippen molar-refractivity contribution < 1.29 is 14.3 Å². The molecular formula is C26H34N4O3. The standard InChI is InChI=1S/C26H34N4O3/c1-25(2)18-10-12-26(3,14-18)23(25)27-22(31)21-19-16-29(24(32)33-4)13-11-20(19)30(28-21)15-17-8-6-5-7-9-17/h5-9,18,23H,10-16H2,1-4H3,(H,27,31). The third-order valence-electron chi connectivity index (χ3n) is 8.50. The monoisotopic (exact) mass is 450 g/mol. The van der Waals surface area contributed by atoms with Gasteiger partial charge < -0.3 is 15.0 Å². The lowest BCUT2D eigenvalue weighted by Gasteiger charge is -2.43. The van der Waals surface area contributed by atoms with E-state index in [1.165, 1.54) is 20.0 Å². The Bertz CT molecular complexity index is 1070. The first-order valence-corrected chi connectivity index (χ1v) is 12.0. The maximum atomic E-state index is 13.7. The third-order valence-corrected chi connectivity index (χ3v) is 8.50. The van der Waals surface area contributed by atoms with Gasteiger partial charge in [0.15, 0.2) is 5.69 Å². The third kappa shape index (κ3) is 3.62. The van der Waals surface area contributed by atoms with E-state index in [1.54, 1.807) is 4.90 Å². The highest BCUT2D eigenvalue weighted by Crippen LogP contribution is 2.62. The van der Waals surface area contributed by atoms with E-state index in [9.17, 15) is 9.59 Å². The van der Waals surface area contributed by atoms with Crippen LogP contribution >= 0.6 is 0 Å². The topological polar surface area (TPSA) is 76.5 Å². The van der Waals surface area contributed by atoms with Gasteiger partial charge in [0, 0.05) is 30.3 Å². The number of benzene rings is 1. The first-order chi connectivity index (χ1) is 15.7. The summed E-state index contributed by atoms with van der Waals surface area (Å²) in [7, 11) is 1.39. The second-order valence-corrected chi connectivity index (χ2v) is 10.9. The van der Waals surface area contributed by atoms with Gasteiger partial charge in [0.25, 0.3) is 5.91 Å². The van der Waals surface area contributed by atoms with E-state index in [-0.39, 0.29) is 28.9 Å². The number of amides is 2. The van der Waals surface area contributed by atoms with Crippen LogP contribution in [-0.4, -0.2) is 46.4 Å². The molecule has 33 heavy (non-hydrogen) atoms. The molecule has 1 N–H and O–H groups in total. The molecule has 5 rings (SSSR count). The van der Waals surface area contributed by atoms with Gasteiger partial charge >= 0.3 is 6.09 Å². The van der Waals surface area contributed by atoms with Crippen LogP contribution in [0.1, 0.15) is 67.3 Å². The normalized spacial score (nSPS) is 27.3. The number of fused-ring (bicyclic) bond motifs is 3. The summed E-state index contributed by atoms with van der Waals surface area (Å²) in [6, 6.07) is 10.3. The van der Waals surface area contributed by atoms with Crippen molar-refractivity contribution in [3.05, 3.63) is 52.8 Å². The second kappa shape index (κ2) is 7.89. The van der Waals surface area contributed by atoms with Gasteiger partial charge in [0.2, 0.25) is 0 Å². The van der Waals surface area contributed by atoms with Gasteiger partial charge in [0.05, 0.1) is 20.2 Å². The van der Waals surface area contributed by atoms with Crippen LogP contribution in [0.15, 0.2) is 30.3 Å². The number of hydrogen-bond donors (Lipinski definition) is 1. The van der Waals surface area contributed by atoms with Gasteiger partial charge in [-0.15, -0.1) is 0 Å². The largest absolute Gasteiger partial charge is 0.453 e. The summed E-state index contributed by atoms with van der Waals surface area (Å²) in [4.78, 5) is 27.5. The molecule has 7 heteroatoms. The Morgan fingerprint density at radius 1 is 1.21 bits per heavy atom. The summed E-state index contributed by atoms with van der Waals surface area (Å²) in [5.41, 5.74) is 3.64. The number of carbonyl (C=O) groups is 2. The van der Waals surface area contributed by atoms with Gasteiger partial charge in [-0.05, 0) is 41.6 Å². The van der Waals surface area contributed by atoms with Crippen LogP contribution in [0.2, 0.25) is 0 Å². The summed E-state index contributed by atoms with van der Waals surface area (Å²) in [6.45, 7) is 8.38. The molecule has 1 aromatic heterocycles. The summed E-state index contributed by atoms with van der Waals surface area (Å²) < 4.78 is 6.89. The highest BCUT2D eigenvalue weighted by atomic mass is 16.5. The average Bonchev–Trinajstić information content (AvgIpc) is 3.43. The van der Waals surface area contributed by atoms with Crippen molar-refractivity contribution in [2.24, 2.45) is 16.7 Å². The van der Waals surface area contributed by atoms with E-state index >= 15 is 0 Å². The highest BCUT2D eigenvalue weighted by Gasteiger charge is 2.59. The highest BCUT2D eigenvalue weighted by molar-refractivity contribution is 5.94. The van der Waals surface area contributed by atoms with Gasteiger partial charge in [-0.1, -0.05) is 51.1 Å². The molecule has 0 spiro atoms. The van der Waals surface area contributed by atoms with Crippen molar-refractivity contribution in [2.75, 3.05) is 13.7 Å². The Morgan fingerprint density at radius 2 is 1.97 bits per heavy atom. The number of methoxy groups -OCH3 is 1. The van der Waals surface area contributed by atoms with Crippen LogP contribution in [0, 0.1) is 16.7 Å². The van der Waals surface area contributed by atoms with Crippen LogP contribution in [0.25, 0.3) is 0 Å². The minimum absolute atomic E-state index is 0.0629. The zero-order valence-electron chi connectivity index (χ0n) is 20.1. The zero-order chi connectivity index (χ0) is 23.4. The summed E-state index contributed by atoms with van der Waals surface area (Å²) in [5.74, 6) is 0.517. The van der Waals surface area contributed by atoms with E-state index in [0.717, 1.165) is 23.2 Å². The van der Waals surface area contributed by atoms with E-state index < -0.39 is 0 Å². The lowest BCUT2D eigenvalue weighted by atomic mass is 9.68. The molecule has 2 saturated carbocycles. The van der Waals surface area contributed by atoms with E-state index in [1.807, 2.05) is 22.9 Å². The van der Waals surface area contributed by atoms with Crippen LogP contribution in [0.3, 0.4) is 0 Å². The molecule has 2 aromatic rings. The van der Waals surface area contributed by atoms with Crippen molar-refractivity contribution >= 4 is 12.0 Å². The number of rotatable bonds is 4. The van der Waals surface area contributed by atoms with Gasteiger partial charge in [-0.2, -0.15) is 5.10 Å². The minimum Gasteiger partial charge on any atom is -0.453 e. The molecule has 2 heterocycles. The van der Waals surface area contributed by atoms with Crippen molar-refractivity contribution in [3.63, 3.8) is 0 Å². The van der Waals surface area contributed by atoms with Crippen LogP contribution < -0.4 is 5.32 Å². The van der Waals surface area contributed by atoms with E-state index in [0.29, 0.717) is 37.7 Å². The number of aromatic nitrogens is 2. The van der Waals surface area contributed by atoms with Gasteiger partial charge in [-0.25, -0.2) is 4.79 Å². The maximum Gasteiger partial charge on any atom is 0.409 e. The predicted octanol–water partition coefficient (Wildman–Crippen LogP) is 4.00. The van der Waals surface area contributed by atoms with Crippen molar-refractivity contribution in [2.45, 2.75) is 65.6 Å². The van der Waals surface area contributed by atoms with Crippen LogP contribution in [-0.2, 0) is 24.2 Å². The first kappa shape index (κ1) is 22.0. The fourth-order valence-corrected chi connectivity index (χ4v) is 6.71. The molecule has 0 radical (unpaired) electrons. The van der Waals surface area contributed by atoms with Gasteiger partial charge in [-0.3, -0.25) is 9.48 Å².